The van der Waals surface area contributed by atoms with E-state index < -0.39 is 0 Å². The average molecular weight is 228 g/mol. The van der Waals surface area contributed by atoms with Crippen molar-refractivity contribution in [3.05, 3.63) is 34.9 Å². The predicted octanol–water partition coefficient (Wildman–Crippen LogP) is 2.15. The van der Waals surface area contributed by atoms with Crippen molar-refractivity contribution in [2.75, 3.05) is 6.54 Å². The summed E-state index contributed by atoms with van der Waals surface area (Å²) in [7, 11) is 0. The van der Waals surface area contributed by atoms with Gasteiger partial charge in [0.05, 0.1) is 0 Å². The van der Waals surface area contributed by atoms with Crippen molar-refractivity contribution in [1.29, 1.82) is 0 Å². The fourth-order valence-electron chi connectivity index (χ4n) is 3.21. The molecule has 90 valence electrons. The molecule has 0 unspecified atom stereocenters. The van der Waals surface area contributed by atoms with Crippen molar-refractivity contribution in [3.63, 3.8) is 0 Å². The SMILES string of the molecule is NCC1(c2ccc3c(c2)CN(C2CC2)C3)CC1. The maximum atomic E-state index is 5.92. The summed E-state index contributed by atoms with van der Waals surface area (Å²) in [6.07, 6.45) is 5.39. The van der Waals surface area contributed by atoms with Gasteiger partial charge in [-0.25, -0.2) is 0 Å². The lowest BCUT2D eigenvalue weighted by molar-refractivity contribution is 0.273. The lowest BCUT2D eigenvalue weighted by Gasteiger charge is -2.14. The zero-order chi connectivity index (χ0) is 11.5. The number of rotatable bonds is 3. The first kappa shape index (κ1) is 10.1. The van der Waals surface area contributed by atoms with Crippen molar-refractivity contribution >= 4 is 0 Å². The Balaban J connectivity index is 1.63. The van der Waals surface area contributed by atoms with Gasteiger partial charge < -0.3 is 5.73 Å². The van der Waals surface area contributed by atoms with E-state index in [9.17, 15) is 0 Å². The van der Waals surface area contributed by atoms with Crippen LogP contribution in [0.2, 0.25) is 0 Å². The molecule has 4 rings (SSSR count). The normalized spacial score (nSPS) is 25.9. The molecule has 0 bridgehead atoms. The Labute approximate surface area is 103 Å². The van der Waals surface area contributed by atoms with Gasteiger partial charge in [0.1, 0.15) is 0 Å². The largest absolute Gasteiger partial charge is 0.330 e. The Morgan fingerprint density at radius 1 is 1.18 bits per heavy atom. The van der Waals surface area contributed by atoms with Crippen LogP contribution in [-0.4, -0.2) is 17.5 Å². The van der Waals surface area contributed by atoms with Gasteiger partial charge in [-0.05, 0) is 42.4 Å². The van der Waals surface area contributed by atoms with Gasteiger partial charge in [-0.1, -0.05) is 18.2 Å². The van der Waals surface area contributed by atoms with E-state index in [1.165, 1.54) is 44.3 Å². The summed E-state index contributed by atoms with van der Waals surface area (Å²) in [4.78, 5) is 2.64. The minimum absolute atomic E-state index is 0.349. The van der Waals surface area contributed by atoms with Crippen LogP contribution < -0.4 is 5.73 Å². The first-order chi connectivity index (χ1) is 8.31. The molecular formula is C15H20N2. The standard InChI is InChI=1S/C15H20N2/c16-10-15(5-6-15)13-2-1-11-8-17(14-3-4-14)9-12(11)7-13/h1-2,7,14H,3-6,8-10,16H2. The molecule has 1 aliphatic heterocycles. The molecule has 0 amide bonds. The summed E-state index contributed by atoms with van der Waals surface area (Å²) in [5.41, 5.74) is 10.9. The summed E-state index contributed by atoms with van der Waals surface area (Å²) < 4.78 is 0. The molecular weight excluding hydrogens is 208 g/mol. The lowest BCUT2D eigenvalue weighted by atomic mass is 9.93. The molecule has 0 saturated heterocycles. The number of fused-ring (bicyclic) bond motifs is 1. The molecule has 2 N–H and O–H groups in total. The van der Waals surface area contributed by atoms with E-state index in [2.05, 4.69) is 23.1 Å². The smallest absolute Gasteiger partial charge is 0.0243 e. The van der Waals surface area contributed by atoms with E-state index in [0.717, 1.165) is 12.6 Å². The third-order valence-electron chi connectivity index (χ3n) is 4.87. The van der Waals surface area contributed by atoms with Crippen LogP contribution in [0.5, 0.6) is 0 Å². The molecule has 0 spiro atoms. The highest BCUT2D eigenvalue weighted by Crippen LogP contribution is 2.48. The molecule has 0 radical (unpaired) electrons. The molecule has 1 aromatic carbocycles. The summed E-state index contributed by atoms with van der Waals surface area (Å²) >= 11 is 0. The van der Waals surface area contributed by atoms with E-state index in [1.54, 1.807) is 11.1 Å². The Bertz CT molecular complexity index is 458. The van der Waals surface area contributed by atoms with Gasteiger partial charge in [0, 0.05) is 31.1 Å². The quantitative estimate of drug-likeness (QED) is 0.859. The van der Waals surface area contributed by atoms with Crippen LogP contribution in [0.3, 0.4) is 0 Å². The molecule has 3 aliphatic rings. The minimum atomic E-state index is 0.349. The van der Waals surface area contributed by atoms with Gasteiger partial charge in [-0.15, -0.1) is 0 Å². The summed E-state index contributed by atoms with van der Waals surface area (Å²) in [6, 6.07) is 8.00. The van der Waals surface area contributed by atoms with Crippen LogP contribution >= 0.6 is 0 Å². The van der Waals surface area contributed by atoms with Crippen molar-refractivity contribution in [2.24, 2.45) is 5.73 Å². The highest BCUT2D eigenvalue weighted by molar-refractivity contribution is 5.41. The van der Waals surface area contributed by atoms with Gasteiger partial charge in [0.2, 0.25) is 0 Å². The van der Waals surface area contributed by atoms with Gasteiger partial charge >= 0.3 is 0 Å². The van der Waals surface area contributed by atoms with E-state index >= 15 is 0 Å². The van der Waals surface area contributed by atoms with Crippen molar-refractivity contribution < 1.29 is 0 Å². The Hall–Kier alpha value is -0.860. The first-order valence-corrected chi connectivity index (χ1v) is 6.87. The second-order valence-electron chi connectivity index (χ2n) is 6.10. The monoisotopic (exact) mass is 228 g/mol. The highest BCUT2D eigenvalue weighted by Gasteiger charge is 2.43. The molecule has 17 heavy (non-hydrogen) atoms. The summed E-state index contributed by atoms with van der Waals surface area (Å²) in [5.74, 6) is 0. The molecule has 0 aromatic heterocycles. The van der Waals surface area contributed by atoms with Crippen molar-refractivity contribution in [1.82, 2.24) is 4.90 Å². The zero-order valence-electron chi connectivity index (χ0n) is 10.3. The first-order valence-electron chi connectivity index (χ1n) is 6.87. The van der Waals surface area contributed by atoms with Gasteiger partial charge in [0.15, 0.2) is 0 Å². The van der Waals surface area contributed by atoms with E-state index in [-0.39, 0.29) is 0 Å². The molecule has 1 aromatic rings. The van der Waals surface area contributed by atoms with E-state index in [4.69, 9.17) is 5.73 Å². The molecule has 2 fully saturated rings. The summed E-state index contributed by atoms with van der Waals surface area (Å²) in [6.45, 7) is 3.17. The van der Waals surface area contributed by atoms with Gasteiger partial charge in [-0.2, -0.15) is 0 Å². The molecule has 2 saturated carbocycles. The Morgan fingerprint density at radius 2 is 1.94 bits per heavy atom. The van der Waals surface area contributed by atoms with Crippen LogP contribution in [0.4, 0.5) is 0 Å². The molecule has 2 heteroatoms. The van der Waals surface area contributed by atoms with Crippen LogP contribution in [-0.2, 0) is 18.5 Å². The van der Waals surface area contributed by atoms with Gasteiger partial charge in [-0.3, -0.25) is 4.90 Å². The number of hydrogen-bond donors (Lipinski definition) is 1. The maximum absolute atomic E-state index is 5.92. The van der Waals surface area contributed by atoms with Crippen molar-refractivity contribution in [3.8, 4) is 0 Å². The van der Waals surface area contributed by atoms with E-state index in [0.29, 0.717) is 5.41 Å². The second kappa shape index (κ2) is 3.33. The average Bonchev–Trinajstić information content (AvgIpc) is 3.25. The summed E-state index contributed by atoms with van der Waals surface area (Å²) in [5, 5.41) is 0. The van der Waals surface area contributed by atoms with Crippen LogP contribution in [0, 0.1) is 0 Å². The van der Waals surface area contributed by atoms with Crippen LogP contribution in [0.25, 0.3) is 0 Å². The Kier molecular flexibility index (Phi) is 1.98. The third kappa shape index (κ3) is 1.54. The Morgan fingerprint density at radius 3 is 2.59 bits per heavy atom. The second-order valence-corrected chi connectivity index (χ2v) is 6.10. The predicted molar refractivity (Wildman–Crippen MR) is 68.7 cm³/mol. The highest BCUT2D eigenvalue weighted by atomic mass is 15.2. The number of nitrogens with zero attached hydrogens (tertiary/aromatic N) is 1. The number of benzene rings is 1. The minimum Gasteiger partial charge on any atom is -0.330 e. The lowest BCUT2D eigenvalue weighted by Crippen LogP contribution is -2.20. The third-order valence-corrected chi connectivity index (χ3v) is 4.87. The van der Waals surface area contributed by atoms with Crippen molar-refractivity contribution in [2.45, 2.75) is 50.2 Å². The van der Waals surface area contributed by atoms with Crippen LogP contribution in [0.1, 0.15) is 42.4 Å². The molecule has 1 heterocycles. The maximum Gasteiger partial charge on any atom is 0.0243 e. The van der Waals surface area contributed by atoms with E-state index in [1.807, 2.05) is 0 Å². The van der Waals surface area contributed by atoms with Gasteiger partial charge in [0.25, 0.3) is 0 Å². The molecule has 2 nitrogen and oxygen atoms in total. The fourth-order valence-corrected chi connectivity index (χ4v) is 3.21. The topological polar surface area (TPSA) is 29.3 Å². The van der Waals surface area contributed by atoms with Crippen LogP contribution in [0.15, 0.2) is 18.2 Å². The molecule has 0 atom stereocenters. The number of nitrogens with two attached hydrogens (primary N) is 1. The number of hydrogen-bond acceptors (Lipinski definition) is 2. The zero-order valence-corrected chi connectivity index (χ0v) is 10.3. The fraction of sp³-hybridized carbons (Fsp3) is 0.600. The molecule has 2 aliphatic carbocycles.